The second-order valence-electron chi connectivity index (χ2n) is 4.76. The van der Waals surface area contributed by atoms with Crippen molar-refractivity contribution < 1.29 is 4.79 Å². The topological polar surface area (TPSA) is 54.0 Å². The predicted octanol–water partition coefficient (Wildman–Crippen LogP) is 3.29. The molecule has 0 bridgehead atoms. The Bertz CT molecular complexity index is 621. The fourth-order valence-electron chi connectivity index (χ4n) is 1.98. The molecule has 0 radical (unpaired) electrons. The van der Waals surface area contributed by atoms with Gasteiger partial charge in [-0.3, -0.25) is 9.78 Å². The molecule has 2 heterocycles. The molecule has 2 rings (SSSR count). The Morgan fingerprint density at radius 2 is 2.10 bits per heavy atom. The van der Waals surface area contributed by atoms with Crippen LogP contribution in [-0.2, 0) is 0 Å². The number of rotatable bonds is 4. The second-order valence-corrected chi connectivity index (χ2v) is 6.08. The lowest BCUT2D eigenvalue weighted by Gasteiger charge is -2.14. The molecule has 5 heteroatoms. The molecule has 0 fully saturated rings. The number of hydrogen-bond donors (Lipinski definition) is 2. The van der Waals surface area contributed by atoms with E-state index in [4.69, 9.17) is 0 Å². The number of aromatic nitrogens is 1. The summed E-state index contributed by atoms with van der Waals surface area (Å²) in [5.41, 5.74) is 2.25. The van der Waals surface area contributed by atoms with Crippen molar-refractivity contribution in [3.63, 3.8) is 0 Å². The van der Waals surface area contributed by atoms with Crippen LogP contribution in [0.4, 0.5) is 5.69 Å². The van der Waals surface area contributed by atoms with E-state index in [1.807, 2.05) is 19.9 Å². The summed E-state index contributed by atoms with van der Waals surface area (Å²) in [5.74, 6) is -0.111. The van der Waals surface area contributed by atoms with Gasteiger partial charge < -0.3 is 10.6 Å². The molecular weight excluding hydrogens is 270 g/mol. The number of thiophene rings is 1. The first kappa shape index (κ1) is 14.5. The van der Waals surface area contributed by atoms with Gasteiger partial charge in [0.25, 0.3) is 5.91 Å². The number of carbonyl (C=O) groups excluding carboxylic acids is 1. The van der Waals surface area contributed by atoms with E-state index in [0.717, 1.165) is 16.3 Å². The molecule has 0 aliphatic heterocycles. The van der Waals surface area contributed by atoms with Gasteiger partial charge in [-0.15, -0.1) is 11.3 Å². The number of carbonyl (C=O) groups is 1. The molecule has 1 amide bonds. The Balaban J connectivity index is 2.16. The van der Waals surface area contributed by atoms with Crippen molar-refractivity contribution in [3.05, 3.63) is 45.4 Å². The standard InChI is InChI=1S/C15H19N3OS/c1-9-7-13(16-4)12(8-17-9)15(19)18-11(3)14-6-5-10(2)20-14/h5-8,11H,1-4H3,(H,16,17)(H,18,19). The van der Waals surface area contributed by atoms with Crippen LogP contribution in [0.25, 0.3) is 0 Å². The Labute approximate surface area is 123 Å². The molecule has 2 aromatic rings. The van der Waals surface area contributed by atoms with E-state index >= 15 is 0 Å². The zero-order chi connectivity index (χ0) is 14.7. The van der Waals surface area contributed by atoms with Crippen molar-refractivity contribution in [1.29, 1.82) is 0 Å². The molecule has 1 atom stereocenters. The van der Waals surface area contributed by atoms with Crippen LogP contribution in [0.5, 0.6) is 0 Å². The summed E-state index contributed by atoms with van der Waals surface area (Å²) in [6.07, 6.45) is 1.61. The normalized spacial score (nSPS) is 12.0. The molecule has 20 heavy (non-hydrogen) atoms. The number of nitrogens with one attached hydrogen (secondary N) is 2. The average Bonchev–Trinajstić information content (AvgIpc) is 2.85. The summed E-state index contributed by atoms with van der Waals surface area (Å²) in [4.78, 5) is 18.9. The fourth-order valence-corrected chi connectivity index (χ4v) is 2.86. The Morgan fingerprint density at radius 3 is 2.70 bits per heavy atom. The van der Waals surface area contributed by atoms with E-state index in [1.54, 1.807) is 24.6 Å². The van der Waals surface area contributed by atoms with Gasteiger partial charge >= 0.3 is 0 Å². The lowest BCUT2D eigenvalue weighted by molar-refractivity contribution is 0.0941. The van der Waals surface area contributed by atoms with Crippen LogP contribution in [0.15, 0.2) is 24.4 Å². The molecule has 0 aromatic carbocycles. The summed E-state index contributed by atoms with van der Waals surface area (Å²) in [7, 11) is 1.80. The van der Waals surface area contributed by atoms with Crippen molar-refractivity contribution in [2.75, 3.05) is 12.4 Å². The summed E-state index contributed by atoms with van der Waals surface area (Å²) in [5, 5.41) is 6.05. The van der Waals surface area contributed by atoms with Crippen LogP contribution < -0.4 is 10.6 Å². The highest BCUT2D eigenvalue weighted by Gasteiger charge is 2.16. The fraction of sp³-hybridized carbons (Fsp3) is 0.333. The van der Waals surface area contributed by atoms with Crippen LogP contribution in [-0.4, -0.2) is 17.9 Å². The predicted molar refractivity (Wildman–Crippen MR) is 83.5 cm³/mol. The first-order valence-corrected chi connectivity index (χ1v) is 7.34. The first-order chi connectivity index (χ1) is 9.51. The van der Waals surface area contributed by atoms with Crippen LogP contribution in [0.3, 0.4) is 0 Å². The molecule has 2 N–H and O–H groups in total. The van der Waals surface area contributed by atoms with Crippen molar-refractivity contribution in [2.45, 2.75) is 26.8 Å². The highest BCUT2D eigenvalue weighted by atomic mass is 32.1. The Hall–Kier alpha value is -1.88. The average molecular weight is 289 g/mol. The number of anilines is 1. The van der Waals surface area contributed by atoms with Crippen molar-refractivity contribution >= 4 is 22.9 Å². The van der Waals surface area contributed by atoms with Crippen LogP contribution in [0.2, 0.25) is 0 Å². The van der Waals surface area contributed by atoms with E-state index in [2.05, 4.69) is 34.7 Å². The van der Waals surface area contributed by atoms with E-state index in [-0.39, 0.29) is 11.9 Å². The number of hydrogen-bond acceptors (Lipinski definition) is 4. The van der Waals surface area contributed by atoms with Gasteiger partial charge in [-0.25, -0.2) is 0 Å². The minimum Gasteiger partial charge on any atom is -0.387 e. The van der Waals surface area contributed by atoms with E-state index < -0.39 is 0 Å². The molecule has 0 saturated carbocycles. The summed E-state index contributed by atoms with van der Waals surface area (Å²) in [6, 6.07) is 5.98. The molecule has 1 unspecified atom stereocenters. The lowest BCUT2D eigenvalue weighted by Crippen LogP contribution is -2.27. The number of amides is 1. The van der Waals surface area contributed by atoms with E-state index in [9.17, 15) is 4.79 Å². The molecule has 0 aliphatic carbocycles. The maximum Gasteiger partial charge on any atom is 0.255 e. The molecule has 0 saturated heterocycles. The van der Waals surface area contributed by atoms with Crippen molar-refractivity contribution in [3.8, 4) is 0 Å². The molecule has 0 aliphatic rings. The number of nitrogens with zero attached hydrogens (tertiary/aromatic N) is 1. The highest BCUT2D eigenvalue weighted by Crippen LogP contribution is 2.23. The van der Waals surface area contributed by atoms with Gasteiger partial charge in [0, 0.05) is 28.7 Å². The van der Waals surface area contributed by atoms with Gasteiger partial charge in [-0.2, -0.15) is 0 Å². The van der Waals surface area contributed by atoms with Gasteiger partial charge in [-0.05, 0) is 39.0 Å². The third-order valence-corrected chi connectivity index (χ3v) is 4.27. The smallest absolute Gasteiger partial charge is 0.255 e. The molecule has 2 aromatic heterocycles. The number of pyridine rings is 1. The van der Waals surface area contributed by atoms with Crippen molar-refractivity contribution in [1.82, 2.24) is 10.3 Å². The third-order valence-electron chi connectivity index (χ3n) is 3.09. The molecule has 4 nitrogen and oxygen atoms in total. The maximum absolute atomic E-state index is 12.3. The number of aryl methyl sites for hydroxylation is 2. The van der Waals surface area contributed by atoms with Gasteiger partial charge in [-0.1, -0.05) is 0 Å². The van der Waals surface area contributed by atoms with Crippen molar-refractivity contribution in [2.24, 2.45) is 0 Å². The summed E-state index contributed by atoms with van der Waals surface area (Å²) >= 11 is 1.70. The minimum atomic E-state index is -0.111. The lowest BCUT2D eigenvalue weighted by atomic mass is 10.1. The molecular formula is C15H19N3OS. The third kappa shape index (κ3) is 3.17. The van der Waals surface area contributed by atoms with E-state index in [1.165, 1.54) is 4.88 Å². The zero-order valence-corrected chi connectivity index (χ0v) is 13.0. The zero-order valence-electron chi connectivity index (χ0n) is 12.2. The first-order valence-electron chi connectivity index (χ1n) is 6.53. The quantitative estimate of drug-likeness (QED) is 0.908. The van der Waals surface area contributed by atoms with Gasteiger partial charge in [0.2, 0.25) is 0 Å². The molecule has 0 spiro atoms. The van der Waals surface area contributed by atoms with Gasteiger partial charge in [0.1, 0.15) is 0 Å². The Kier molecular flexibility index (Phi) is 4.39. The van der Waals surface area contributed by atoms with Gasteiger partial charge in [0.15, 0.2) is 0 Å². The van der Waals surface area contributed by atoms with Gasteiger partial charge in [0.05, 0.1) is 17.3 Å². The second kappa shape index (κ2) is 6.05. The van der Waals surface area contributed by atoms with Crippen LogP contribution in [0.1, 0.15) is 38.8 Å². The van der Waals surface area contributed by atoms with E-state index in [0.29, 0.717) is 5.56 Å². The maximum atomic E-state index is 12.3. The van der Waals surface area contributed by atoms with Crippen LogP contribution >= 0.6 is 11.3 Å². The monoisotopic (exact) mass is 289 g/mol. The van der Waals surface area contributed by atoms with Crippen LogP contribution in [0, 0.1) is 13.8 Å². The minimum absolute atomic E-state index is 0.00721. The largest absolute Gasteiger partial charge is 0.387 e. The molecule has 106 valence electrons. The Morgan fingerprint density at radius 1 is 1.35 bits per heavy atom. The summed E-state index contributed by atoms with van der Waals surface area (Å²) in [6.45, 7) is 5.95. The highest BCUT2D eigenvalue weighted by molar-refractivity contribution is 7.12. The summed E-state index contributed by atoms with van der Waals surface area (Å²) < 4.78 is 0. The SMILES string of the molecule is CNc1cc(C)ncc1C(=O)NC(C)c1ccc(C)s1.